The Bertz CT molecular complexity index is 389. The second kappa shape index (κ2) is 6.37. The molecule has 1 aromatic rings. The molecule has 1 aromatic carbocycles. The van der Waals surface area contributed by atoms with Crippen LogP contribution in [0.3, 0.4) is 0 Å². The molecule has 0 saturated heterocycles. The van der Waals surface area contributed by atoms with E-state index in [2.05, 4.69) is 10.6 Å². The van der Waals surface area contributed by atoms with E-state index in [4.69, 9.17) is 10.2 Å². The fraction of sp³-hybridized carbons (Fsp3) is 0.273. The van der Waals surface area contributed by atoms with E-state index in [-0.39, 0.29) is 11.7 Å². The van der Waals surface area contributed by atoms with Crippen molar-refractivity contribution in [2.75, 3.05) is 13.1 Å². The molecule has 92 valence electrons. The van der Waals surface area contributed by atoms with Gasteiger partial charge in [0.15, 0.2) is 0 Å². The number of phenolic OH excluding ortho intramolecular Hbond substituents is 1. The number of rotatable bonds is 5. The summed E-state index contributed by atoms with van der Waals surface area (Å²) in [6, 6.07) is 5.89. The summed E-state index contributed by atoms with van der Waals surface area (Å²) in [5.41, 5.74) is 0.453. The summed E-state index contributed by atoms with van der Waals surface area (Å²) in [6.07, 6.45) is -0.550. The van der Waals surface area contributed by atoms with Crippen LogP contribution in [0.15, 0.2) is 24.3 Å². The number of hydrogen-bond donors (Lipinski definition) is 4. The van der Waals surface area contributed by atoms with Gasteiger partial charge in [-0.1, -0.05) is 0 Å². The Kier molecular flexibility index (Phi) is 4.80. The number of carbonyl (C=O) groups is 2. The number of amides is 2. The van der Waals surface area contributed by atoms with Gasteiger partial charge in [0.25, 0.3) is 5.91 Å². The van der Waals surface area contributed by atoms with Crippen LogP contribution in [0.4, 0.5) is 4.79 Å². The molecule has 0 aliphatic heterocycles. The zero-order chi connectivity index (χ0) is 12.7. The smallest absolute Gasteiger partial charge is 0.404 e. The third kappa shape index (κ3) is 4.87. The van der Waals surface area contributed by atoms with Gasteiger partial charge in [-0.15, -0.1) is 0 Å². The fourth-order valence-corrected chi connectivity index (χ4v) is 1.20. The van der Waals surface area contributed by atoms with Crippen LogP contribution in [0.2, 0.25) is 0 Å². The van der Waals surface area contributed by atoms with Crippen molar-refractivity contribution in [1.29, 1.82) is 0 Å². The molecular formula is C11H14N2O4. The van der Waals surface area contributed by atoms with Gasteiger partial charge in [0.2, 0.25) is 0 Å². The molecule has 0 fully saturated rings. The van der Waals surface area contributed by atoms with E-state index in [1.807, 2.05) is 0 Å². The summed E-state index contributed by atoms with van der Waals surface area (Å²) in [6.45, 7) is 0.686. The number of benzene rings is 1. The minimum atomic E-state index is -1.07. The van der Waals surface area contributed by atoms with E-state index < -0.39 is 6.09 Å². The van der Waals surface area contributed by atoms with Gasteiger partial charge >= 0.3 is 6.09 Å². The van der Waals surface area contributed by atoms with Gasteiger partial charge in [0, 0.05) is 18.7 Å². The highest BCUT2D eigenvalue weighted by Gasteiger charge is 2.04. The lowest BCUT2D eigenvalue weighted by molar-refractivity contribution is 0.0953. The van der Waals surface area contributed by atoms with Gasteiger partial charge in [-0.2, -0.15) is 0 Å². The van der Waals surface area contributed by atoms with Crippen molar-refractivity contribution >= 4 is 12.0 Å². The third-order valence-corrected chi connectivity index (χ3v) is 2.04. The minimum Gasteiger partial charge on any atom is -0.508 e. The van der Waals surface area contributed by atoms with E-state index in [9.17, 15) is 9.59 Å². The summed E-state index contributed by atoms with van der Waals surface area (Å²) in [7, 11) is 0. The van der Waals surface area contributed by atoms with Crippen LogP contribution in [-0.4, -0.2) is 35.3 Å². The first kappa shape index (κ1) is 12.8. The van der Waals surface area contributed by atoms with Gasteiger partial charge in [-0.05, 0) is 30.7 Å². The van der Waals surface area contributed by atoms with Crippen LogP contribution in [0.25, 0.3) is 0 Å². The zero-order valence-electron chi connectivity index (χ0n) is 9.14. The van der Waals surface area contributed by atoms with Crippen molar-refractivity contribution in [3.8, 4) is 5.75 Å². The second-order valence-corrected chi connectivity index (χ2v) is 3.39. The Morgan fingerprint density at radius 3 is 2.24 bits per heavy atom. The van der Waals surface area contributed by atoms with Crippen LogP contribution >= 0.6 is 0 Å². The van der Waals surface area contributed by atoms with E-state index in [1.165, 1.54) is 24.3 Å². The van der Waals surface area contributed by atoms with E-state index in [0.29, 0.717) is 25.1 Å². The highest BCUT2D eigenvalue weighted by atomic mass is 16.4. The highest BCUT2D eigenvalue weighted by Crippen LogP contribution is 2.09. The largest absolute Gasteiger partial charge is 0.508 e. The van der Waals surface area contributed by atoms with Crippen LogP contribution in [0.5, 0.6) is 5.75 Å². The summed E-state index contributed by atoms with van der Waals surface area (Å²) in [5.74, 6) is -0.146. The van der Waals surface area contributed by atoms with Gasteiger partial charge in [0.1, 0.15) is 5.75 Å². The summed E-state index contributed by atoms with van der Waals surface area (Å²) < 4.78 is 0. The van der Waals surface area contributed by atoms with Crippen LogP contribution in [0.1, 0.15) is 16.8 Å². The Balaban J connectivity index is 2.25. The maximum Gasteiger partial charge on any atom is 0.404 e. The van der Waals surface area contributed by atoms with Crippen molar-refractivity contribution in [3.05, 3.63) is 29.8 Å². The van der Waals surface area contributed by atoms with E-state index in [0.717, 1.165) is 0 Å². The molecule has 0 aliphatic carbocycles. The fourth-order valence-electron chi connectivity index (χ4n) is 1.20. The maximum atomic E-state index is 11.5. The molecule has 0 unspecified atom stereocenters. The number of phenols is 1. The average Bonchev–Trinajstić information content (AvgIpc) is 2.29. The topological polar surface area (TPSA) is 98.7 Å². The molecule has 0 bridgehead atoms. The van der Waals surface area contributed by atoms with Gasteiger partial charge in [-0.3, -0.25) is 4.79 Å². The molecule has 2 amide bonds. The summed E-state index contributed by atoms with van der Waals surface area (Å²) in [5, 5.41) is 22.2. The number of carboxylic acid groups (broad SMARTS) is 1. The van der Waals surface area contributed by atoms with Crippen molar-refractivity contribution in [2.45, 2.75) is 6.42 Å². The van der Waals surface area contributed by atoms with Crippen molar-refractivity contribution in [1.82, 2.24) is 10.6 Å². The lowest BCUT2D eigenvalue weighted by Crippen LogP contribution is -2.29. The molecule has 0 radical (unpaired) electrons. The first-order chi connectivity index (χ1) is 8.09. The Labute approximate surface area is 98.3 Å². The second-order valence-electron chi connectivity index (χ2n) is 3.39. The molecule has 0 saturated carbocycles. The molecule has 0 heterocycles. The number of nitrogens with one attached hydrogen (secondary N) is 2. The van der Waals surface area contributed by atoms with E-state index in [1.54, 1.807) is 0 Å². The molecule has 0 aliphatic rings. The Hall–Kier alpha value is -2.24. The third-order valence-electron chi connectivity index (χ3n) is 2.04. The predicted octanol–water partition coefficient (Wildman–Crippen LogP) is 0.780. The number of aromatic hydroxyl groups is 1. The Morgan fingerprint density at radius 2 is 1.65 bits per heavy atom. The number of carbonyl (C=O) groups excluding carboxylic acids is 1. The Morgan fingerprint density at radius 1 is 1.06 bits per heavy atom. The van der Waals surface area contributed by atoms with Crippen LogP contribution < -0.4 is 10.6 Å². The molecule has 1 rings (SSSR count). The predicted molar refractivity (Wildman–Crippen MR) is 61.1 cm³/mol. The van der Waals surface area contributed by atoms with Crippen molar-refractivity contribution in [3.63, 3.8) is 0 Å². The summed E-state index contributed by atoms with van der Waals surface area (Å²) in [4.78, 5) is 21.7. The summed E-state index contributed by atoms with van der Waals surface area (Å²) >= 11 is 0. The van der Waals surface area contributed by atoms with Crippen molar-refractivity contribution in [2.24, 2.45) is 0 Å². The molecular weight excluding hydrogens is 224 g/mol. The highest BCUT2D eigenvalue weighted by molar-refractivity contribution is 5.94. The first-order valence-electron chi connectivity index (χ1n) is 5.13. The lowest BCUT2D eigenvalue weighted by atomic mass is 10.2. The van der Waals surface area contributed by atoms with Gasteiger partial charge in [-0.25, -0.2) is 4.79 Å². The monoisotopic (exact) mass is 238 g/mol. The number of hydrogen-bond acceptors (Lipinski definition) is 3. The molecule has 0 aromatic heterocycles. The zero-order valence-corrected chi connectivity index (χ0v) is 9.14. The first-order valence-corrected chi connectivity index (χ1v) is 5.13. The van der Waals surface area contributed by atoms with Gasteiger partial charge in [0.05, 0.1) is 0 Å². The van der Waals surface area contributed by atoms with Gasteiger partial charge < -0.3 is 20.8 Å². The quantitative estimate of drug-likeness (QED) is 0.570. The van der Waals surface area contributed by atoms with Crippen LogP contribution in [-0.2, 0) is 0 Å². The van der Waals surface area contributed by atoms with Crippen LogP contribution in [0, 0.1) is 0 Å². The maximum absolute atomic E-state index is 11.5. The standard InChI is InChI=1S/C11H14N2O4/c14-9-4-2-8(3-5-9)10(15)12-6-1-7-13-11(16)17/h2-5,13-14H,1,6-7H2,(H,12,15)(H,16,17). The molecule has 6 heteroatoms. The minimum absolute atomic E-state index is 0.104. The molecule has 0 spiro atoms. The lowest BCUT2D eigenvalue weighted by Gasteiger charge is -2.05. The van der Waals surface area contributed by atoms with E-state index >= 15 is 0 Å². The average molecular weight is 238 g/mol. The molecule has 6 nitrogen and oxygen atoms in total. The SMILES string of the molecule is O=C(O)NCCCNC(=O)c1ccc(O)cc1. The molecule has 4 N–H and O–H groups in total. The molecule has 17 heavy (non-hydrogen) atoms. The molecule has 0 atom stereocenters. The van der Waals surface area contributed by atoms with Crippen molar-refractivity contribution < 1.29 is 19.8 Å². The normalized spacial score (nSPS) is 9.65.